The smallest absolute Gasteiger partial charge is 0.275 e. The summed E-state index contributed by atoms with van der Waals surface area (Å²) in [6, 6.07) is 2.39. The van der Waals surface area contributed by atoms with Gasteiger partial charge in [0.2, 0.25) is 0 Å². The highest BCUT2D eigenvalue weighted by Gasteiger charge is 2.28. The number of nitrogens with zero attached hydrogens (tertiary/aromatic N) is 1. The van der Waals surface area contributed by atoms with Gasteiger partial charge in [0.25, 0.3) is 5.69 Å². The van der Waals surface area contributed by atoms with Crippen LogP contribution < -0.4 is 10.1 Å². The van der Waals surface area contributed by atoms with Crippen LogP contribution in [0.25, 0.3) is 0 Å². The van der Waals surface area contributed by atoms with Gasteiger partial charge < -0.3 is 10.1 Å². The van der Waals surface area contributed by atoms with Crippen LogP contribution in [-0.4, -0.2) is 24.6 Å². The highest BCUT2D eigenvalue weighted by Crippen LogP contribution is 2.31. The van der Waals surface area contributed by atoms with Crippen molar-refractivity contribution in [3.63, 3.8) is 0 Å². The van der Waals surface area contributed by atoms with Gasteiger partial charge in [0, 0.05) is 11.6 Å². The SMILES string of the molecule is CCNC(Cc1cc(OC)c(F)cc1[N+](=O)[O-])C(C)(C)C. The van der Waals surface area contributed by atoms with Crippen molar-refractivity contribution >= 4 is 5.69 Å². The summed E-state index contributed by atoms with van der Waals surface area (Å²) in [6.45, 7) is 8.93. The number of ether oxygens (including phenoxy) is 1. The molecule has 0 aliphatic heterocycles. The highest BCUT2D eigenvalue weighted by atomic mass is 19.1. The summed E-state index contributed by atoms with van der Waals surface area (Å²) in [5, 5.41) is 14.5. The number of rotatable bonds is 6. The average Bonchev–Trinajstić information content (AvgIpc) is 2.38. The van der Waals surface area contributed by atoms with Gasteiger partial charge in [-0.25, -0.2) is 4.39 Å². The fourth-order valence-corrected chi connectivity index (χ4v) is 2.23. The van der Waals surface area contributed by atoms with Crippen LogP contribution in [0.15, 0.2) is 12.1 Å². The zero-order chi connectivity index (χ0) is 16.2. The van der Waals surface area contributed by atoms with Crippen molar-refractivity contribution in [2.24, 2.45) is 5.41 Å². The van der Waals surface area contributed by atoms with Gasteiger partial charge in [0.15, 0.2) is 11.6 Å². The van der Waals surface area contributed by atoms with Gasteiger partial charge in [-0.15, -0.1) is 0 Å². The molecule has 0 amide bonds. The first-order chi connectivity index (χ1) is 9.70. The Morgan fingerprint density at radius 1 is 1.43 bits per heavy atom. The average molecular weight is 298 g/mol. The number of nitro groups is 1. The highest BCUT2D eigenvalue weighted by molar-refractivity contribution is 5.46. The Balaban J connectivity index is 3.23. The van der Waals surface area contributed by atoms with Crippen LogP contribution >= 0.6 is 0 Å². The first-order valence-corrected chi connectivity index (χ1v) is 6.94. The Bertz CT molecular complexity index is 512. The van der Waals surface area contributed by atoms with Crippen molar-refractivity contribution < 1.29 is 14.1 Å². The minimum Gasteiger partial charge on any atom is -0.494 e. The van der Waals surface area contributed by atoms with Crippen LogP contribution in [0.3, 0.4) is 0 Å². The van der Waals surface area contributed by atoms with Gasteiger partial charge >= 0.3 is 0 Å². The summed E-state index contributed by atoms with van der Waals surface area (Å²) in [5.41, 5.74) is 0.186. The molecule has 1 unspecified atom stereocenters. The normalized spacial score (nSPS) is 13.0. The minimum absolute atomic E-state index is 0.0276. The topological polar surface area (TPSA) is 64.4 Å². The third-order valence-electron chi connectivity index (χ3n) is 3.47. The first kappa shape index (κ1) is 17.4. The molecule has 0 aliphatic carbocycles. The molecule has 1 N–H and O–H groups in total. The molecule has 1 atom stereocenters. The van der Waals surface area contributed by atoms with Crippen LogP contribution in [0.5, 0.6) is 5.75 Å². The number of hydrogen-bond acceptors (Lipinski definition) is 4. The van der Waals surface area contributed by atoms with Gasteiger partial charge in [-0.1, -0.05) is 27.7 Å². The molecule has 5 nitrogen and oxygen atoms in total. The molecule has 1 rings (SSSR count). The predicted octanol–water partition coefficient (Wildman–Crippen LogP) is 3.31. The molecule has 1 aromatic rings. The Hall–Kier alpha value is -1.69. The molecule has 0 saturated carbocycles. The summed E-state index contributed by atoms with van der Waals surface area (Å²) in [4.78, 5) is 10.6. The van der Waals surface area contributed by atoms with E-state index in [0.717, 1.165) is 12.6 Å². The van der Waals surface area contributed by atoms with E-state index in [1.165, 1.54) is 13.2 Å². The maximum Gasteiger partial charge on any atom is 0.275 e. The van der Waals surface area contributed by atoms with Crippen LogP contribution in [-0.2, 0) is 6.42 Å². The number of nitro benzene ring substituents is 1. The molecule has 1 aromatic carbocycles. The number of halogens is 1. The second-order valence-corrected chi connectivity index (χ2v) is 6.05. The van der Waals surface area contributed by atoms with E-state index in [9.17, 15) is 14.5 Å². The molecule has 0 aromatic heterocycles. The van der Waals surface area contributed by atoms with Crippen molar-refractivity contribution in [3.05, 3.63) is 33.6 Å². The summed E-state index contributed by atoms with van der Waals surface area (Å²) >= 11 is 0. The van der Waals surface area contributed by atoms with Crippen molar-refractivity contribution in [1.82, 2.24) is 5.32 Å². The van der Waals surface area contributed by atoms with Crippen molar-refractivity contribution in [1.29, 1.82) is 0 Å². The van der Waals surface area contributed by atoms with Crippen LogP contribution in [0.1, 0.15) is 33.3 Å². The number of benzene rings is 1. The Morgan fingerprint density at radius 2 is 2.05 bits per heavy atom. The maximum absolute atomic E-state index is 13.7. The molecular formula is C15H23FN2O3. The lowest BCUT2D eigenvalue weighted by atomic mass is 9.82. The second kappa shape index (κ2) is 6.85. The van der Waals surface area contributed by atoms with E-state index >= 15 is 0 Å². The molecule has 0 bridgehead atoms. The molecule has 0 radical (unpaired) electrons. The standard InChI is InChI=1S/C15H23FN2O3/c1-6-17-14(15(2,3)4)8-10-7-13(21-5)11(16)9-12(10)18(19)20/h7,9,14,17H,6,8H2,1-5H3. The van der Waals surface area contributed by atoms with Gasteiger partial charge in [-0.05, 0) is 24.4 Å². The molecular weight excluding hydrogens is 275 g/mol. The number of nitrogens with one attached hydrogen (secondary N) is 1. The lowest BCUT2D eigenvalue weighted by Gasteiger charge is -2.31. The van der Waals surface area contributed by atoms with E-state index in [1.807, 2.05) is 6.92 Å². The van der Waals surface area contributed by atoms with E-state index in [2.05, 4.69) is 26.1 Å². The van der Waals surface area contributed by atoms with E-state index in [1.54, 1.807) is 0 Å². The third kappa shape index (κ3) is 4.39. The maximum atomic E-state index is 13.7. The fraction of sp³-hybridized carbons (Fsp3) is 0.600. The summed E-state index contributed by atoms with van der Waals surface area (Å²) in [7, 11) is 1.35. The van der Waals surface area contributed by atoms with Crippen molar-refractivity contribution in [3.8, 4) is 5.75 Å². The van der Waals surface area contributed by atoms with Gasteiger partial charge in [-0.3, -0.25) is 10.1 Å². The molecule has 21 heavy (non-hydrogen) atoms. The Kier molecular flexibility index (Phi) is 5.66. The van der Waals surface area contributed by atoms with E-state index < -0.39 is 10.7 Å². The summed E-state index contributed by atoms with van der Waals surface area (Å²) in [5.74, 6) is -0.691. The minimum atomic E-state index is -0.719. The molecule has 0 heterocycles. The van der Waals surface area contributed by atoms with Crippen LogP contribution in [0, 0.1) is 21.3 Å². The second-order valence-electron chi connectivity index (χ2n) is 6.05. The van der Waals surface area contributed by atoms with Gasteiger partial charge in [0.05, 0.1) is 18.1 Å². The Morgan fingerprint density at radius 3 is 2.48 bits per heavy atom. The largest absolute Gasteiger partial charge is 0.494 e. The molecule has 118 valence electrons. The fourth-order valence-electron chi connectivity index (χ4n) is 2.23. The first-order valence-electron chi connectivity index (χ1n) is 6.94. The van der Waals surface area contributed by atoms with Gasteiger partial charge in [0.1, 0.15) is 0 Å². The lowest BCUT2D eigenvalue weighted by molar-refractivity contribution is -0.385. The zero-order valence-corrected chi connectivity index (χ0v) is 13.2. The zero-order valence-electron chi connectivity index (χ0n) is 13.2. The monoisotopic (exact) mass is 298 g/mol. The molecule has 0 spiro atoms. The Labute approximate surface area is 124 Å². The van der Waals surface area contributed by atoms with Crippen molar-refractivity contribution in [2.45, 2.75) is 40.2 Å². The number of methoxy groups -OCH3 is 1. The van der Waals surface area contributed by atoms with E-state index in [-0.39, 0.29) is 22.9 Å². The molecule has 0 aliphatic rings. The predicted molar refractivity (Wildman–Crippen MR) is 80.2 cm³/mol. The lowest BCUT2D eigenvalue weighted by Crippen LogP contribution is -2.42. The third-order valence-corrected chi connectivity index (χ3v) is 3.47. The van der Waals surface area contributed by atoms with Crippen LogP contribution in [0.2, 0.25) is 0 Å². The molecule has 0 saturated heterocycles. The number of likely N-dealkylation sites (N-methyl/N-ethyl adjacent to an activating group) is 1. The molecule has 6 heteroatoms. The number of hydrogen-bond donors (Lipinski definition) is 1. The van der Waals surface area contributed by atoms with Gasteiger partial charge in [-0.2, -0.15) is 0 Å². The van der Waals surface area contributed by atoms with E-state index in [4.69, 9.17) is 4.74 Å². The molecule has 0 fully saturated rings. The van der Waals surface area contributed by atoms with Crippen molar-refractivity contribution in [2.75, 3.05) is 13.7 Å². The summed E-state index contributed by atoms with van der Waals surface area (Å²) in [6.07, 6.45) is 0.435. The summed E-state index contributed by atoms with van der Waals surface area (Å²) < 4.78 is 18.6. The van der Waals surface area contributed by atoms with E-state index in [0.29, 0.717) is 12.0 Å². The quantitative estimate of drug-likeness (QED) is 0.646. The van der Waals surface area contributed by atoms with Crippen LogP contribution in [0.4, 0.5) is 10.1 Å².